The van der Waals surface area contributed by atoms with Crippen LogP contribution in [0.25, 0.3) is 66.1 Å². The van der Waals surface area contributed by atoms with E-state index in [-0.39, 0.29) is 23.3 Å². The number of hydrogen-bond acceptors (Lipinski definition) is 0. The first-order chi connectivity index (χ1) is 33.7. The summed E-state index contributed by atoms with van der Waals surface area (Å²) in [6.07, 6.45) is -18.1. The van der Waals surface area contributed by atoms with E-state index in [1.54, 1.807) is 72.8 Å². The van der Waals surface area contributed by atoms with Gasteiger partial charge in [0.05, 0.1) is 22.3 Å². The topological polar surface area (TPSA) is 0 Å². The number of benzene rings is 6. The standard InChI is InChI=1S/2C27H21F6.C2H6Si.2ClH.Zr/c2*1-16(2)10-17-11-19-8-9-23(18-6-4-3-5-7-18)25(24(19)12-17)20-13-21(26(28,29)30)15-22(14-20)27(31,32)33;1-3-2;;;/h2*3-9,11-16H,10H2,1-2H3;1-2H3;2*1H;/q2*-1;;;;+4/p-2. The molecule has 0 unspecified atom stereocenters. The Kier molecular flexibility index (Phi) is 19.9. The van der Waals surface area contributed by atoms with Gasteiger partial charge in [0.25, 0.3) is 0 Å². The Morgan fingerprint density at radius 1 is 0.431 bits per heavy atom. The Labute approximate surface area is 432 Å². The van der Waals surface area contributed by atoms with Crippen LogP contribution in [0.15, 0.2) is 146 Å². The van der Waals surface area contributed by atoms with Crippen molar-refractivity contribution in [3.63, 3.8) is 0 Å². The molecular weight excluding hydrogens is 1090 g/mol. The average molecular weight is 1140 g/mol. The van der Waals surface area contributed by atoms with Gasteiger partial charge in [0.2, 0.25) is 0 Å². The van der Waals surface area contributed by atoms with Crippen molar-refractivity contribution in [1.29, 1.82) is 0 Å². The Bertz CT molecular complexity index is 2750. The van der Waals surface area contributed by atoms with E-state index < -0.39 is 67.8 Å². The Balaban J connectivity index is 0.000000241. The molecule has 0 fully saturated rings. The third-order valence-corrected chi connectivity index (χ3v) is 11.1. The van der Waals surface area contributed by atoms with Crippen LogP contribution in [0.5, 0.6) is 0 Å². The summed E-state index contributed by atoms with van der Waals surface area (Å²) in [6, 6.07) is 36.4. The summed E-state index contributed by atoms with van der Waals surface area (Å²) in [4.78, 5) is 0. The van der Waals surface area contributed by atoms with E-state index in [9.17, 15) is 52.7 Å². The van der Waals surface area contributed by atoms with Crippen molar-refractivity contribution in [2.45, 2.75) is 78.3 Å². The fourth-order valence-electron chi connectivity index (χ4n) is 8.40. The molecule has 0 bridgehead atoms. The quantitative estimate of drug-likeness (QED) is 0.0808. The molecule has 0 nitrogen and oxygen atoms in total. The molecule has 8 aromatic rings. The second-order valence-electron chi connectivity index (χ2n) is 17.8. The van der Waals surface area contributed by atoms with E-state index in [0.29, 0.717) is 56.0 Å². The maximum atomic E-state index is 13.6. The molecule has 0 aliphatic heterocycles. The number of halogens is 14. The monoisotopic (exact) mass is 1140 g/mol. The van der Waals surface area contributed by atoms with Gasteiger partial charge < -0.3 is 0 Å². The molecule has 72 heavy (non-hydrogen) atoms. The molecule has 0 aliphatic carbocycles. The normalized spacial score (nSPS) is 12.0. The SMILES string of the molecule is CC(C)Cc1cc2c(-c3cc(C(F)(F)F)cc(C(F)(F)F)c3)c(-c3ccccc3)ccc2[cH-]1.CC(C)Cc1cc2c(-c3cc(C(F)(F)F)cc(C(F)(F)F)c3)c(-c3ccccc3)ccc2[cH-]1.C[Si]C.[Cl][Zr+2][Cl]. The van der Waals surface area contributed by atoms with Crippen molar-refractivity contribution in [3.8, 4) is 44.5 Å². The van der Waals surface area contributed by atoms with Gasteiger partial charge in [-0.25, -0.2) is 0 Å². The van der Waals surface area contributed by atoms with Crippen molar-refractivity contribution in [2.24, 2.45) is 11.8 Å². The summed E-state index contributed by atoms with van der Waals surface area (Å²) >= 11 is -0.826. The van der Waals surface area contributed by atoms with Gasteiger partial charge in [-0.1, -0.05) is 125 Å². The van der Waals surface area contributed by atoms with Crippen LogP contribution < -0.4 is 0 Å². The van der Waals surface area contributed by atoms with Gasteiger partial charge in [-0.2, -0.15) is 64.8 Å². The minimum atomic E-state index is -4.91. The summed E-state index contributed by atoms with van der Waals surface area (Å²) in [6.45, 7) is 12.5. The molecule has 8 aromatic carbocycles. The van der Waals surface area contributed by atoms with Gasteiger partial charge in [0.15, 0.2) is 0 Å². The van der Waals surface area contributed by atoms with Gasteiger partial charge in [-0.3, -0.25) is 0 Å². The Hall–Kier alpha value is -4.62. The second-order valence-corrected chi connectivity index (χ2v) is 22.5. The van der Waals surface area contributed by atoms with Gasteiger partial charge >= 0.3 is 62.6 Å². The predicted octanol–water partition coefficient (Wildman–Crippen LogP) is 20.4. The molecule has 16 heteroatoms. The van der Waals surface area contributed by atoms with Gasteiger partial charge in [0, 0.05) is 9.52 Å². The van der Waals surface area contributed by atoms with Crippen LogP contribution in [-0.4, -0.2) is 9.52 Å². The van der Waals surface area contributed by atoms with Crippen molar-refractivity contribution >= 4 is 48.1 Å². The zero-order chi connectivity index (χ0) is 53.3. The van der Waals surface area contributed by atoms with Crippen LogP contribution in [0.3, 0.4) is 0 Å². The van der Waals surface area contributed by atoms with E-state index in [0.717, 1.165) is 68.5 Å². The summed E-state index contributed by atoms with van der Waals surface area (Å²) < 4.78 is 163. The molecule has 0 heterocycles. The Morgan fingerprint density at radius 2 is 0.708 bits per heavy atom. The van der Waals surface area contributed by atoms with Crippen molar-refractivity contribution in [3.05, 3.63) is 179 Å². The van der Waals surface area contributed by atoms with E-state index in [2.05, 4.69) is 40.8 Å². The van der Waals surface area contributed by atoms with Crippen LogP contribution >= 0.6 is 17.0 Å². The summed E-state index contributed by atoms with van der Waals surface area (Å²) in [7, 11) is 11.0. The fraction of sp³-hybridized carbons (Fsp3) is 0.250. The van der Waals surface area contributed by atoms with Crippen molar-refractivity contribution in [1.82, 2.24) is 0 Å². The van der Waals surface area contributed by atoms with Crippen LogP contribution in [0.1, 0.15) is 61.1 Å². The Morgan fingerprint density at radius 3 is 0.958 bits per heavy atom. The molecule has 0 saturated heterocycles. The third kappa shape index (κ3) is 15.2. The zero-order valence-electron chi connectivity index (χ0n) is 39.7. The van der Waals surface area contributed by atoms with Crippen LogP contribution in [0, 0.1) is 11.8 Å². The van der Waals surface area contributed by atoms with E-state index >= 15 is 0 Å². The number of fused-ring (bicyclic) bond motifs is 2. The molecule has 0 N–H and O–H groups in total. The van der Waals surface area contributed by atoms with E-state index in [1.165, 1.54) is 0 Å². The number of alkyl halides is 12. The molecule has 0 saturated carbocycles. The van der Waals surface area contributed by atoms with Crippen LogP contribution in [-0.2, 0) is 58.4 Å². The predicted molar refractivity (Wildman–Crippen MR) is 267 cm³/mol. The molecule has 0 aromatic heterocycles. The molecule has 0 spiro atoms. The van der Waals surface area contributed by atoms with Gasteiger partial charge in [-0.15, -0.1) is 56.9 Å². The molecule has 8 rings (SSSR count). The van der Waals surface area contributed by atoms with Crippen LogP contribution in [0.2, 0.25) is 13.1 Å². The summed E-state index contributed by atoms with van der Waals surface area (Å²) in [5.41, 5.74) is -0.191. The first-order valence-corrected chi connectivity index (χ1v) is 30.7. The molecule has 0 amide bonds. The molecule has 378 valence electrons. The number of hydrogen-bond donors (Lipinski definition) is 0. The average Bonchev–Trinajstić information content (AvgIpc) is 3.90. The van der Waals surface area contributed by atoms with Crippen LogP contribution in [0.4, 0.5) is 52.7 Å². The minimum absolute atomic E-state index is 0.108. The zero-order valence-corrected chi connectivity index (χ0v) is 44.7. The first kappa shape index (κ1) is 58.3. The second kappa shape index (κ2) is 24.6. The van der Waals surface area contributed by atoms with Crippen molar-refractivity contribution < 1.29 is 73.5 Å². The number of rotatable bonds is 8. The maximum absolute atomic E-state index is 13.6. The van der Waals surface area contributed by atoms with E-state index in [1.807, 2.05) is 36.4 Å². The molecule has 0 aliphatic rings. The summed E-state index contributed by atoms with van der Waals surface area (Å²) in [5, 5.41) is 2.84. The third-order valence-electron chi connectivity index (χ3n) is 11.1. The summed E-state index contributed by atoms with van der Waals surface area (Å²) in [5.74, 6) is 0.702. The molecule has 2 radical (unpaired) electrons. The fourth-order valence-corrected chi connectivity index (χ4v) is 8.40. The van der Waals surface area contributed by atoms with Crippen molar-refractivity contribution in [2.75, 3.05) is 0 Å². The van der Waals surface area contributed by atoms with Gasteiger partial charge in [-0.05, 0) is 94.5 Å². The van der Waals surface area contributed by atoms with Gasteiger partial charge in [0.1, 0.15) is 0 Å². The molecular formula is C56H48Cl2F12SiZr. The van der Waals surface area contributed by atoms with E-state index in [4.69, 9.17) is 17.0 Å². The molecule has 0 atom stereocenters. The first-order valence-electron chi connectivity index (χ1n) is 22.4.